The maximum absolute atomic E-state index is 13.1. The Morgan fingerprint density at radius 2 is 1.69 bits per heavy atom. The molecule has 7 nitrogen and oxygen atoms in total. The molecule has 3 aromatic carbocycles. The highest BCUT2D eigenvalue weighted by atomic mass is 35.5. The van der Waals surface area contributed by atoms with Crippen LogP contribution >= 0.6 is 22.9 Å². The normalized spacial score (nSPS) is 14.0. The Hall–Kier alpha value is -4.09. The van der Waals surface area contributed by atoms with E-state index in [2.05, 4.69) is 15.0 Å². The maximum atomic E-state index is 13.1. The molecule has 1 aliphatic heterocycles. The van der Waals surface area contributed by atoms with Crippen LogP contribution in [-0.2, 0) is 4.79 Å². The van der Waals surface area contributed by atoms with Crippen molar-refractivity contribution in [1.29, 1.82) is 0 Å². The van der Waals surface area contributed by atoms with Gasteiger partial charge < -0.3 is 19.7 Å². The third-order valence-electron chi connectivity index (χ3n) is 6.71. The van der Waals surface area contributed by atoms with E-state index in [-0.39, 0.29) is 29.9 Å². The van der Waals surface area contributed by atoms with E-state index in [9.17, 15) is 22.8 Å². The smallest absolute Gasteiger partial charge is 0.482 e. The van der Waals surface area contributed by atoms with Crippen molar-refractivity contribution in [2.45, 2.75) is 25.1 Å². The molecule has 1 aliphatic rings. The van der Waals surface area contributed by atoms with Gasteiger partial charge in [-0.3, -0.25) is 9.59 Å². The number of ether oxygens (including phenoxy) is 2. The number of benzene rings is 3. The lowest BCUT2D eigenvalue weighted by Gasteiger charge is -2.31. The van der Waals surface area contributed by atoms with E-state index >= 15 is 0 Å². The average molecular weight is 616 g/mol. The Balaban J connectivity index is 1.17. The summed E-state index contributed by atoms with van der Waals surface area (Å²) in [7, 11) is 0. The van der Waals surface area contributed by atoms with E-state index < -0.39 is 12.3 Å². The highest BCUT2D eigenvalue weighted by Crippen LogP contribution is 2.33. The van der Waals surface area contributed by atoms with Crippen molar-refractivity contribution in [2.75, 3.05) is 25.0 Å². The van der Waals surface area contributed by atoms with E-state index in [0.717, 1.165) is 5.01 Å². The number of hydrogen-bond donors (Lipinski definition) is 1. The van der Waals surface area contributed by atoms with Gasteiger partial charge in [0, 0.05) is 35.6 Å². The number of aromatic nitrogens is 1. The van der Waals surface area contributed by atoms with Crippen molar-refractivity contribution in [1.82, 2.24) is 9.88 Å². The summed E-state index contributed by atoms with van der Waals surface area (Å²) in [6.45, 7) is 1.01. The zero-order valence-corrected chi connectivity index (χ0v) is 23.6. The Kier molecular flexibility index (Phi) is 8.98. The Morgan fingerprint density at radius 3 is 2.40 bits per heavy atom. The first-order valence-electron chi connectivity index (χ1n) is 13.0. The number of carbonyl (C=O) groups excluding carboxylic acids is 2. The van der Waals surface area contributed by atoms with Gasteiger partial charge in [0.05, 0.1) is 10.0 Å². The van der Waals surface area contributed by atoms with Gasteiger partial charge >= 0.3 is 6.36 Å². The fourth-order valence-corrected chi connectivity index (χ4v) is 5.78. The summed E-state index contributed by atoms with van der Waals surface area (Å²) < 4.78 is 47.0. The zero-order chi connectivity index (χ0) is 29.7. The van der Waals surface area contributed by atoms with Crippen LogP contribution in [0.1, 0.15) is 34.3 Å². The van der Waals surface area contributed by atoms with Crippen molar-refractivity contribution >= 4 is 40.4 Å². The minimum absolute atomic E-state index is 0.0943. The molecule has 2 heterocycles. The molecule has 0 atom stereocenters. The van der Waals surface area contributed by atoms with E-state index in [0.29, 0.717) is 53.5 Å². The predicted molar refractivity (Wildman–Crippen MR) is 154 cm³/mol. The minimum Gasteiger partial charge on any atom is -0.482 e. The largest absolute Gasteiger partial charge is 0.573 e. The third-order valence-corrected chi connectivity index (χ3v) is 8.03. The highest BCUT2D eigenvalue weighted by molar-refractivity contribution is 7.10. The summed E-state index contributed by atoms with van der Waals surface area (Å²) in [5.41, 5.74) is 2.01. The second-order valence-electron chi connectivity index (χ2n) is 9.52. The molecular formula is C30H25ClF3N3O4S. The van der Waals surface area contributed by atoms with E-state index in [1.54, 1.807) is 58.8 Å². The SMILES string of the molecule is O=C(Nc1ccccc1-c1ccc(OC(F)(F)F)cc1)c1csc(C2CCN(C(=O)COc3ccccc3Cl)CC2)n1. The number of carbonyl (C=O) groups is 2. The molecule has 1 aromatic heterocycles. The van der Waals surface area contributed by atoms with Gasteiger partial charge in [0.15, 0.2) is 6.61 Å². The molecule has 0 saturated carbocycles. The van der Waals surface area contributed by atoms with Gasteiger partial charge in [0.1, 0.15) is 17.2 Å². The first-order valence-corrected chi connectivity index (χ1v) is 14.3. The lowest BCUT2D eigenvalue weighted by molar-refractivity contribution is -0.274. The van der Waals surface area contributed by atoms with Crippen LogP contribution in [0.15, 0.2) is 78.2 Å². The number of piperidine rings is 1. The summed E-state index contributed by atoms with van der Waals surface area (Å²) in [6, 6.07) is 19.4. The number of alkyl halides is 3. The standard InChI is InChI=1S/C30H25ClF3N3O4S/c31-23-6-2-4-8-26(23)40-17-27(38)37-15-13-20(14-16-37)29-36-25(18-42-29)28(39)35-24-7-3-1-5-22(24)19-9-11-21(12-10-19)41-30(32,33)34/h1-12,18,20H,13-17H2,(H,35,39). The number of halogens is 4. The summed E-state index contributed by atoms with van der Waals surface area (Å²) in [6.07, 6.45) is -3.35. The van der Waals surface area contributed by atoms with Gasteiger partial charge in [-0.2, -0.15) is 0 Å². The molecule has 0 bridgehead atoms. The molecule has 1 fully saturated rings. The van der Waals surface area contributed by atoms with Crippen LogP contribution in [0.5, 0.6) is 11.5 Å². The van der Waals surface area contributed by atoms with Crippen molar-refractivity contribution in [3.05, 3.63) is 93.9 Å². The maximum Gasteiger partial charge on any atom is 0.573 e. The number of amides is 2. The molecule has 1 saturated heterocycles. The van der Waals surface area contributed by atoms with Crippen LogP contribution in [-0.4, -0.2) is 47.8 Å². The van der Waals surface area contributed by atoms with E-state index in [1.807, 2.05) is 0 Å². The number of rotatable bonds is 8. The lowest BCUT2D eigenvalue weighted by Crippen LogP contribution is -2.40. The van der Waals surface area contributed by atoms with Gasteiger partial charge in [-0.1, -0.05) is 54.1 Å². The minimum atomic E-state index is -4.78. The number of anilines is 1. The van der Waals surface area contributed by atoms with Gasteiger partial charge in [-0.25, -0.2) is 4.98 Å². The Bertz CT molecular complexity index is 1550. The van der Waals surface area contributed by atoms with Gasteiger partial charge in [0.25, 0.3) is 11.8 Å². The van der Waals surface area contributed by atoms with Crippen LogP contribution in [0.4, 0.5) is 18.9 Å². The van der Waals surface area contributed by atoms with E-state index in [1.165, 1.54) is 35.6 Å². The molecule has 0 unspecified atom stereocenters. The molecule has 218 valence electrons. The average Bonchev–Trinajstić information content (AvgIpc) is 3.47. The second-order valence-corrected chi connectivity index (χ2v) is 10.8. The highest BCUT2D eigenvalue weighted by Gasteiger charge is 2.31. The fourth-order valence-electron chi connectivity index (χ4n) is 4.61. The molecule has 0 radical (unpaired) electrons. The molecule has 2 amide bonds. The number of nitrogens with zero attached hydrogens (tertiary/aromatic N) is 2. The molecule has 5 rings (SSSR count). The fraction of sp³-hybridized carbons (Fsp3) is 0.233. The molecule has 0 aliphatic carbocycles. The number of thiazole rings is 1. The van der Waals surface area contributed by atoms with Crippen molar-refractivity contribution in [2.24, 2.45) is 0 Å². The summed E-state index contributed by atoms with van der Waals surface area (Å²) >= 11 is 7.49. The van der Waals surface area contributed by atoms with Gasteiger partial charge in [0.2, 0.25) is 0 Å². The summed E-state index contributed by atoms with van der Waals surface area (Å²) in [5, 5.41) is 5.84. The Labute approximate surface area is 248 Å². The Morgan fingerprint density at radius 1 is 1.00 bits per heavy atom. The number of likely N-dealkylation sites (tertiary alicyclic amines) is 1. The predicted octanol–water partition coefficient (Wildman–Crippen LogP) is 7.40. The molecule has 12 heteroatoms. The topological polar surface area (TPSA) is 80.8 Å². The molecule has 0 spiro atoms. The number of hydrogen-bond acceptors (Lipinski definition) is 6. The monoisotopic (exact) mass is 615 g/mol. The van der Waals surface area contributed by atoms with Crippen molar-refractivity contribution < 1.29 is 32.2 Å². The van der Waals surface area contributed by atoms with Gasteiger partial charge in [-0.15, -0.1) is 24.5 Å². The van der Waals surface area contributed by atoms with Crippen LogP contribution in [0.2, 0.25) is 5.02 Å². The third kappa shape index (κ3) is 7.40. The van der Waals surface area contributed by atoms with Crippen LogP contribution in [0, 0.1) is 0 Å². The molecule has 4 aromatic rings. The first kappa shape index (κ1) is 29.4. The second kappa shape index (κ2) is 12.8. The molecule has 1 N–H and O–H groups in total. The summed E-state index contributed by atoms with van der Waals surface area (Å²) in [5.74, 6) is -0.259. The van der Waals surface area contributed by atoms with Crippen molar-refractivity contribution in [3.8, 4) is 22.6 Å². The van der Waals surface area contributed by atoms with Crippen LogP contribution in [0.25, 0.3) is 11.1 Å². The van der Waals surface area contributed by atoms with Crippen molar-refractivity contribution in [3.63, 3.8) is 0 Å². The summed E-state index contributed by atoms with van der Waals surface area (Å²) in [4.78, 5) is 32.0. The molecule has 42 heavy (non-hydrogen) atoms. The first-order chi connectivity index (χ1) is 20.2. The zero-order valence-electron chi connectivity index (χ0n) is 22.1. The molecular weight excluding hydrogens is 591 g/mol. The number of para-hydroxylation sites is 2. The van der Waals surface area contributed by atoms with E-state index in [4.69, 9.17) is 16.3 Å². The van der Waals surface area contributed by atoms with Crippen LogP contribution < -0.4 is 14.8 Å². The lowest BCUT2D eigenvalue weighted by atomic mass is 9.97. The quantitative estimate of drug-likeness (QED) is 0.223. The van der Waals surface area contributed by atoms with Crippen LogP contribution in [0.3, 0.4) is 0 Å². The number of nitrogens with one attached hydrogen (secondary N) is 1. The van der Waals surface area contributed by atoms with Gasteiger partial charge in [-0.05, 0) is 48.7 Å².